The molecule has 1 N–H and O–H groups in total. The van der Waals surface area contributed by atoms with Gasteiger partial charge < -0.3 is 9.72 Å². The van der Waals surface area contributed by atoms with Gasteiger partial charge in [-0.2, -0.15) is 0 Å². The highest BCUT2D eigenvalue weighted by Crippen LogP contribution is 2.26. The van der Waals surface area contributed by atoms with E-state index < -0.39 is 0 Å². The lowest BCUT2D eigenvalue weighted by Gasteiger charge is -2.08. The molecule has 6 heteroatoms. The minimum Gasteiger partial charge on any atom is -0.378 e. The molecular weight excluding hydrogens is 303 g/mol. The van der Waals surface area contributed by atoms with Crippen molar-refractivity contribution in [3.8, 4) is 0 Å². The zero-order valence-corrected chi connectivity index (χ0v) is 12.6. The zero-order valence-electron chi connectivity index (χ0n) is 10.2. The molecular formula is C13H12Cl2N2OS. The van der Waals surface area contributed by atoms with Crippen LogP contribution in [-0.4, -0.2) is 17.1 Å². The van der Waals surface area contributed by atoms with Crippen molar-refractivity contribution in [1.29, 1.82) is 0 Å². The Morgan fingerprint density at radius 2 is 2.00 bits per heavy atom. The molecule has 19 heavy (non-hydrogen) atoms. The van der Waals surface area contributed by atoms with Crippen molar-refractivity contribution in [1.82, 2.24) is 9.97 Å². The molecule has 0 unspecified atom stereocenters. The number of halogens is 2. The molecule has 0 radical (unpaired) electrons. The second-order valence-electron chi connectivity index (χ2n) is 4.00. The lowest BCUT2D eigenvalue weighted by atomic mass is 10.1. The molecule has 1 aromatic carbocycles. The van der Waals surface area contributed by atoms with E-state index in [1.54, 1.807) is 25.3 Å². The number of aromatic nitrogens is 2. The molecule has 0 aliphatic carbocycles. The van der Waals surface area contributed by atoms with Gasteiger partial charge in [0, 0.05) is 29.3 Å². The third-order valence-corrected chi connectivity index (χ3v) is 3.47. The van der Waals surface area contributed by atoms with Crippen LogP contribution in [0.5, 0.6) is 0 Å². The number of nitrogens with zero attached hydrogens (tertiary/aromatic N) is 1. The Labute approximate surface area is 126 Å². The number of nitrogens with one attached hydrogen (secondary N) is 1. The lowest BCUT2D eigenvalue weighted by Crippen LogP contribution is -2.02. The minimum absolute atomic E-state index is 0.454. The van der Waals surface area contributed by atoms with Gasteiger partial charge in [0.1, 0.15) is 10.5 Å². The van der Waals surface area contributed by atoms with E-state index in [1.807, 2.05) is 6.07 Å². The van der Waals surface area contributed by atoms with E-state index in [-0.39, 0.29) is 0 Å². The molecule has 0 amide bonds. The van der Waals surface area contributed by atoms with E-state index in [9.17, 15) is 0 Å². The molecule has 0 atom stereocenters. The summed E-state index contributed by atoms with van der Waals surface area (Å²) in [5.41, 5.74) is 1.71. The van der Waals surface area contributed by atoms with E-state index in [0.717, 1.165) is 17.1 Å². The summed E-state index contributed by atoms with van der Waals surface area (Å²) in [6.07, 6.45) is 0.500. The van der Waals surface area contributed by atoms with Crippen LogP contribution in [0.15, 0.2) is 24.3 Å². The van der Waals surface area contributed by atoms with Crippen LogP contribution >= 0.6 is 35.4 Å². The van der Waals surface area contributed by atoms with Crippen LogP contribution in [0.25, 0.3) is 0 Å². The number of aromatic amines is 1. The molecule has 100 valence electrons. The van der Waals surface area contributed by atoms with Gasteiger partial charge in [0.15, 0.2) is 0 Å². The molecule has 0 aliphatic rings. The van der Waals surface area contributed by atoms with Crippen LogP contribution in [0.1, 0.15) is 17.1 Å². The number of H-pyrrole nitrogens is 1. The summed E-state index contributed by atoms with van der Waals surface area (Å²) in [7, 11) is 1.63. The number of ether oxygens (including phenoxy) is 1. The fraction of sp³-hybridized carbons (Fsp3) is 0.231. The summed E-state index contributed by atoms with van der Waals surface area (Å²) in [6.45, 7) is 0.454. The predicted octanol–water partition coefficient (Wildman–Crippen LogP) is 4.18. The highest BCUT2D eigenvalue weighted by Gasteiger charge is 2.08. The highest BCUT2D eigenvalue weighted by molar-refractivity contribution is 7.71. The molecule has 1 heterocycles. The van der Waals surface area contributed by atoms with Gasteiger partial charge in [0.25, 0.3) is 0 Å². The summed E-state index contributed by atoms with van der Waals surface area (Å²) >= 11 is 17.4. The first-order valence-corrected chi connectivity index (χ1v) is 6.77. The number of hydrogen-bond donors (Lipinski definition) is 1. The molecule has 2 aromatic rings. The van der Waals surface area contributed by atoms with Gasteiger partial charge in [0.2, 0.25) is 0 Å². The predicted molar refractivity (Wildman–Crippen MR) is 79.4 cm³/mol. The maximum atomic E-state index is 6.14. The molecule has 0 bridgehead atoms. The zero-order chi connectivity index (χ0) is 13.8. The van der Waals surface area contributed by atoms with Crippen molar-refractivity contribution < 1.29 is 4.74 Å². The van der Waals surface area contributed by atoms with Crippen LogP contribution < -0.4 is 0 Å². The van der Waals surface area contributed by atoms with Crippen molar-refractivity contribution in [2.24, 2.45) is 0 Å². The number of methoxy groups -OCH3 is 1. The summed E-state index contributed by atoms with van der Waals surface area (Å²) in [4.78, 5) is 7.45. The fourth-order valence-corrected chi connectivity index (χ4v) is 2.53. The van der Waals surface area contributed by atoms with E-state index in [0.29, 0.717) is 27.7 Å². The first-order chi connectivity index (χ1) is 9.10. The van der Waals surface area contributed by atoms with Crippen molar-refractivity contribution in [3.63, 3.8) is 0 Å². The lowest BCUT2D eigenvalue weighted by molar-refractivity contribution is 0.181. The Hall–Kier alpha value is -0.940. The molecule has 0 aliphatic heterocycles. The Morgan fingerprint density at radius 3 is 2.63 bits per heavy atom. The second kappa shape index (κ2) is 6.48. The molecule has 2 rings (SSSR count). The highest BCUT2D eigenvalue weighted by atomic mass is 35.5. The number of hydrogen-bond acceptors (Lipinski definition) is 3. The first kappa shape index (κ1) is 14.5. The molecule has 0 spiro atoms. The average molecular weight is 315 g/mol. The molecule has 0 saturated carbocycles. The van der Waals surface area contributed by atoms with E-state index in [2.05, 4.69) is 9.97 Å². The quantitative estimate of drug-likeness (QED) is 0.860. The summed E-state index contributed by atoms with van der Waals surface area (Å²) < 4.78 is 5.60. The first-order valence-electron chi connectivity index (χ1n) is 5.61. The monoisotopic (exact) mass is 314 g/mol. The molecule has 0 fully saturated rings. The second-order valence-corrected chi connectivity index (χ2v) is 5.23. The van der Waals surface area contributed by atoms with Gasteiger partial charge in [-0.25, -0.2) is 4.98 Å². The summed E-state index contributed by atoms with van der Waals surface area (Å²) in [5.74, 6) is 0.717. The topological polar surface area (TPSA) is 37.9 Å². The van der Waals surface area contributed by atoms with Gasteiger partial charge in [-0.3, -0.25) is 0 Å². The minimum atomic E-state index is 0.454. The van der Waals surface area contributed by atoms with Crippen LogP contribution in [0.2, 0.25) is 10.0 Å². The Morgan fingerprint density at radius 1 is 1.32 bits per heavy atom. The van der Waals surface area contributed by atoms with Gasteiger partial charge in [-0.05, 0) is 23.8 Å². The Balaban J connectivity index is 2.35. The van der Waals surface area contributed by atoms with E-state index in [4.69, 9.17) is 40.2 Å². The van der Waals surface area contributed by atoms with Gasteiger partial charge >= 0.3 is 0 Å². The summed E-state index contributed by atoms with van der Waals surface area (Å²) in [5, 5.41) is 1.23. The average Bonchev–Trinajstić information content (AvgIpc) is 2.34. The van der Waals surface area contributed by atoms with Crippen molar-refractivity contribution in [2.75, 3.05) is 7.11 Å². The standard InChI is InChI=1S/C13H12Cl2N2OS/c1-18-7-8-5-13(19)17-12(16-8)6-9-10(14)3-2-4-11(9)15/h2-5H,6-7H2,1H3,(H,16,17,19). The van der Waals surface area contributed by atoms with Crippen molar-refractivity contribution in [3.05, 3.63) is 56.0 Å². The smallest absolute Gasteiger partial charge is 0.130 e. The maximum absolute atomic E-state index is 6.14. The third kappa shape index (κ3) is 3.76. The van der Waals surface area contributed by atoms with Crippen LogP contribution in [0, 0.1) is 4.64 Å². The number of rotatable bonds is 4. The van der Waals surface area contributed by atoms with E-state index in [1.165, 1.54) is 0 Å². The normalized spacial score (nSPS) is 10.7. The van der Waals surface area contributed by atoms with Crippen LogP contribution in [0.3, 0.4) is 0 Å². The Kier molecular flexibility index (Phi) is 4.93. The Bertz CT molecular complexity index is 623. The fourth-order valence-electron chi connectivity index (χ4n) is 1.75. The van der Waals surface area contributed by atoms with Crippen LogP contribution in [-0.2, 0) is 17.8 Å². The molecule has 1 aromatic heterocycles. The molecule has 3 nitrogen and oxygen atoms in total. The van der Waals surface area contributed by atoms with Gasteiger partial charge in [-0.1, -0.05) is 41.5 Å². The van der Waals surface area contributed by atoms with Crippen molar-refractivity contribution >= 4 is 35.4 Å². The molecule has 0 saturated heterocycles. The maximum Gasteiger partial charge on any atom is 0.130 e. The van der Waals surface area contributed by atoms with Gasteiger partial charge in [-0.15, -0.1) is 0 Å². The number of benzene rings is 1. The van der Waals surface area contributed by atoms with Crippen molar-refractivity contribution in [2.45, 2.75) is 13.0 Å². The SMILES string of the molecule is COCc1cc(=S)nc(Cc2c(Cl)cccc2Cl)[nH]1. The van der Waals surface area contributed by atoms with E-state index >= 15 is 0 Å². The third-order valence-electron chi connectivity index (χ3n) is 2.55. The van der Waals surface area contributed by atoms with Gasteiger partial charge in [0.05, 0.1) is 6.61 Å². The largest absolute Gasteiger partial charge is 0.378 e. The summed E-state index contributed by atoms with van der Waals surface area (Å²) in [6, 6.07) is 7.19. The van der Waals surface area contributed by atoms with Crippen LogP contribution in [0.4, 0.5) is 0 Å².